The van der Waals surface area contributed by atoms with E-state index >= 15 is 0 Å². The number of alkyl halides is 3. The molecule has 1 nitrogen and oxygen atoms in total. The number of aliphatic hydroxyl groups is 1. The van der Waals surface area contributed by atoms with Gasteiger partial charge in [-0.3, -0.25) is 0 Å². The summed E-state index contributed by atoms with van der Waals surface area (Å²) in [5.74, 6) is 0. The largest absolute Gasteiger partial charge is 0.416 e. The van der Waals surface area contributed by atoms with Crippen LogP contribution >= 0.6 is 0 Å². The molecule has 0 bridgehead atoms. The molecule has 0 aliphatic carbocycles. The average Bonchev–Trinajstić information content (AvgIpc) is 2.24. The molecule has 1 aromatic rings. The predicted octanol–water partition coefficient (Wildman–Crippen LogP) is 4.18. The van der Waals surface area contributed by atoms with Crippen LogP contribution in [0.2, 0.25) is 0 Å². The summed E-state index contributed by atoms with van der Waals surface area (Å²) >= 11 is 0. The first kappa shape index (κ1) is 15.0. The summed E-state index contributed by atoms with van der Waals surface area (Å²) in [7, 11) is 0. The Morgan fingerprint density at radius 3 is 2.17 bits per heavy atom. The van der Waals surface area contributed by atoms with Crippen LogP contribution < -0.4 is 0 Å². The van der Waals surface area contributed by atoms with Crippen LogP contribution in [0.3, 0.4) is 0 Å². The lowest BCUT2D eigenvalue weighted by Crippen LogP contribution is -2.13. The normalized spacial score (nSPS) is 12.8. The lowest BCUT2D eigenvalue weighted by atomic mass is 9.87. The van der Waals surface area contributed by atoms with Crippen molar-refractivity contribution >= 4 is 0 Å². The van der Waals surface area contributed by atoms with Gasteiger partial charge in [-0.2, -0.15) is 13.2 Å². The molecule has 0 amide bonds. The quantitative estimate of drug-likeness (QED) is 0.864. The van der Waals surface area contributed by atoms with Crippen molar-refractivity contribution in [3.63, 3.8) is 0 Å². The molecular weight excluding hydrogens is 241 g/mol. The Kier molecular flexibility index (Phi) is 4.43. The molecule has 0 atom stereocenters. The highest BCUT2D eigenvalue weighted by Crippen LogP contribution is 2.34. The maximum absolute atomic E-state index is 12.9. The standard InChI is InChI=1S/C14H19F3O/c1-13(2,3)7-6-11-5-4-10(9-18)8-12(11)14(15,16)17/h4-5,8,18H,6-7,9H2,1-3H3. The molecule has 0 saturated carbocycles. The number of hydrogen-bond acceptors (Lipinski definition) is 1. The van der Waals surface area contributed by atoms with Crippen molar-refractivity contribution in [2.75, 3.05) is 0 Å². The number of hydrogen-bond donors (Lipinski definition) is 1. The molecule has 4 heteroatoms. The zero-order valence-corrected chi connectivity index (χ0v) is 10.9. The summed E-state index contributed by atoms with van der Waals surface area (Å²) in [6.07, 6.45) is -3.28. The first-order valence-electron chi connectivity index (χ1n) is 5.93. The van der Waals surface area contributed by atoms with Crippen molar-refractivity contribution in [1.29, 1.82) is 0 Å². The maximum Gasteiger partial charge on any atom is 0.416 e. The fourth-order valence-corrected chi connectivity index (χ4v) is 1.71. The van der Waals surface area contributed by atoms with Gasteiger partial charge in [-0.1, -0.05) is 32.9 Å². The first-order chi connectivity index (χ1) is 8.13. The highest BCUT2D eigenvalue weighted by Gasteiger charge is 2.33. The molecule has 1 rings (SSSR count). The fourth-order valence-electron chi connectivity index (χ4n) is 1.71. The predicted molar refractivity (Wildman–Crippen MR) is 65.1 cm³/mol. The summed E-state index contributed by atoms with van der Waals surface area (Å²) in [5.41, 5.74) is -0.0341. The smallest absolute Gasteiger partial charge is 0.392 e. The van der Waals surface area contributed by atoms with Crippen molar-refractivity contribution in [2.24, 2.45) is 5.41 Å². The van der Waals surface area contributed by atoms with Crippen LogP contribution in [-0.2, 0) is 19.2 Å². The second-order valence-electron chi connectivity index (χ2n) is 5.71. The molecule has 0 unspecified atom stereocenters. The molecule has 0 radical (unpaired) electrons. The molecule has 0 fully saturated rings. The Bertz CT molecular complexity index is 402. The van der Waals surface area contributed by atoms with Crippen LogP contribution in [0.15, 0.2) is 18.2 Å². The second-order valence-corrected chi connectivity index (χ2v) is 5.71. The third-order valence-corrected chi connectivity index (χ3v) is 2.81. The minimum absolute atomic E-state index is 0.00147. The fraction of sp³-hybridized carbons (Fsp3) is 0.571. The molecule has 1 N–H and O–H groups in total. The van der Waals surface area contributed by atoms with Crippen molar-refractivity contribution in [3.8, 4) is 0 Å². The van der Waals surface area contributed by atoms with Crippen LogP contribution in [0.5, 0.6) is 0 Å². The Morgan fingerprint density at radius 2 is 1.72 bits per heavy atom. The molecule has 0 aliphatic heterocycles. The van der Waals surface area contributed by atoms with Crippen molar-refractivity contribution < 1.29 is 18.3 Å². The van der Waals surface area contributed by atoms with Gasteiger partial charge in [-0.25, -0.2) is 0 Å². The second kappa shape index (κ2) is 5.31. The van der Waals surface area contributed by atoms with Crippen LogP contribution in [0.4, 0.5) is 13.2 Å². The van der Waals surface area contributed by atoms with Crippen molar-refractivity contribution in [2.45, 2.75) is 46.4 Å². The van der Waals surface area contributed by atoms with Gasteiger partial charge >= 0.3 is 6.18 Å². The highest BCUT2D eigenvalue weighted by atomic mass is 19.4. The van der Waals surface area contributed by atoms with Crippen LogP contribution in [0, 0.1) is 5.41 Å². The van der Waals surface area contributed by atoms with Crippen molar-refractivity contribution in [3.05, 3.63) is 34.9 Å². The highest BCUT2D eigenvalue weighted by molar-refractivity contribution is 5.34. The van der Waals surface area contributed by atoms with Crippen LogP contribution in [-0.4, -0.2) is 5.11 Å². The minimum Gasteiger partial charge on any atom is -0.392 e. The van der Waals surface area contributed by atoms with Crippen molar-refractivity contribution in [1.82, 2.24) is 0 Å². The third-order valence-electron chi connectivity index (χ3n) is 2.81. The summed E-state index contributed by atoms with van der Waals surface area (Å²) in [6, 6.07) is 4.06. The number of aliphatic hydroxyl groups excluding tert-OH is 1. The average molecular weight is 260 g/mol. The molecule has 0 saturated heterocycles. The molecule has 102 valence electrons. The number of halogens is 3. The van der Waals surface area contributed by atoms with E-state index < -0.39 is 11.7 Å². The zero-order valence-electron chi connectivity index (χ0n) is 10.9. The number of rotatable bonds is 3. The van der Waals surface area contributed by atoms with E-state index in [2.05, 4.69) is 0 Å². The third kappa shape index (κ3) is 4.33. The summed E-state index contributed by atoms with van der Waals surface area (Å²) < 4.78 is 38.7. The van der Waals surface area contributed by atoms with E-state index in [4.69, 9.17) is 5.11 Å². The SMILES string of the molecule is CC(C)(C)CCc1ccc(CO)cc1C(F)(F)F. The van der Waals surface area contributed by atoms with Gasteiger partial charge in [-0.15, -0.1) is 0 Å². The monoisotopic (exact) mass is 260 g/mol. The summed E-state index contributed by atoms with van der Waals surface area (Å²) in [5, 5.41) is 8.91. The molecular formula is C14H19F3O. The first-order valence-corrected chi connectivity index (χ1v) is 5.93. The molecule has 1 aromatic carbocycles. The molecule has 0 aromatic heterocycles. The Morgan fingerprint density at radius 1 is 1.11 bits per heavy atom. The van der Waals surface area contributed by atoms with Gasteiger partial charge in [0.05, 0.1) is 12.2 Å². The molecule has 18 heavy (non-hydrogen) atoms. The minimum atomic E-state index is -4.36. The van der Waals surface area contributed by atoms with Gasteiger partial charge in [0.15, 0.2) is 0 Å². The Labute approximate surface area is 106 Å². The van der Waals surface area contributed by atoms with E-state index in [1.165, 1.54) is 6.07 Å². The van der Waals surface area contributed by atoms with Crippen LogP contribution in [0.25, 0.3) is 0 Å². The van der Waals surface area contributed by atoms with Gasteiger partial charge in [0.1, 0.15) is 0 Å². The van der Waals surface area contributed by atoms with Gasteiger partial charge in [0.25, 0.3) is 0 Å². The van der Waals surface area contributed by atoms with Gasteiger partial charge in [-0.05, 0) is 35.4 Å². The molecule has 0 spiro atoms. The maximum atomic E-state index is 12.9. The van der Waals surface area contributed by atoms with E-state index in [0.717, 1.165) is 6.07 Å². The van der Waals surface area contributed by atoms with E-state index in [9.17, 15) is 13.2 Å². The lowest BCUT2D eigenvalue weighted by molar-refractivity contribution is -0.138. The topological polar surface area (TPSA) is 20.2 Å². The van der Waals surface area contributed by atoms with Gasteiger partial charge in [0.2, 0.25) is 0 Å². The lowest BCUT2D eigenvalue weighted by Gasteiger charge is -2.20. The number of benzene rings is 1. The van der Waals surface area contributed by atoms with E-state index in [1.807, 2.05) is 20.8 Å². The van der Waals surface area contributed by atoms with E-state index in [-0.39, 0.29) is 12.0 Å². The number of aryl methyl sites for hydroxylation is 1. The molecule has 0 aliphatic rings. The Balaban J connectivity index is 3.03. The summed E-state index contributed by atoms with van der Waals surface area (Å²) in [4.78, 5) is 0. The van der Waals surface area contributed by atoms with E-state index in [1.54, 1.807) is 6.07 Å². The zero-order chi connectivity index (χ0) is 14.0. The molecule has 0 heterocycles. The summed E-state index contributed by atoms with van der Waals surface area (Å²) in [6.45, 7) is 5.63. The van der Waals surface area contributed by atoms with Gasteiger partial charge < -0.3 is 5.11 Å². The Hall–Kier alpha value is -1.03. The van der Waals surface area contributed by atoms with E-state index in [0.29, 0.717) is 24.0 Å². The van der Waals surface area contributed by atoms with Crippen LogP contribution in [0.1, 0.15) is 43.9 Å². The van der Waals surface area contributed by atoms with Gasteiger partial charge in [0, 0.05) is 0 Å².